The van der Waals surface area contributed by atoms with Crippen LogP contribution in [0.4, 0.5) is 0 Å². The van der Waals surface area contributed by atoms with Gasteiger partial charge >= 0.3 is 0 Å². The minimum atomic E-state index is -0.156. The normalized spacial score (nSPS) is 20.4. The van der Waals surface area contributed by atoms with Crippen molar-refractivity contribution in [3.05, 3.63) is 23.7 Å². The van der Waals surface area contributed by atoms with Crippen LogP contribution in [0.25, 0.3) is 0 Å². The lowest BCUT2D eigenvalue weighted by molar-refractivity contribution is 0.0644. The number of likely N-dealkylation sites (tertiary alicyclic amines) is 1. The molecule has 1 atom stereocenters. The molecule has 0 aromatic carbocycles. The number of hydrogen-bond donors (Lipinski definition) is 2. The molecule has 3 N–H and O–H groups in total. The van der Waals surface area contributed by atoms with Gasteiger partial charge in [0, 0.05) is 6.54 Å². The van der Waals surface area contributed by atoms with Crippen LogP contribution in [0, 0.1) is 0 Å². The van der Waals surface area contributed by atoms with E-state index in [1.807, 2.05) is 0 Å². The molecule has 1 aromatic rings. The first-order chi connectivity index (χ1) is 7.76. The predicted octanol–water partition coefficient (Wildman–Crippen LogP) is 0.335. The summed E-state index contributed by atoms with van der Waals surface area (Å²) in [5, 5.41) is 9.14. The van der Waals surface area contributed by atoms with Gasteiger partial charge in [-0.05, 0) is 25.0 Å². The van der Waals surface area contributed by atoms with Crippen molar-refractivity contribution in [3.8, 4) is 0 Å². The maximum atomic E-state index is 12.0. The lowest BCUT2D eigenvalue weighted by Crippen LogP contribution is -2.37. The highest BCUT2D eigenvalue weighted by Gasteiger charge is 2.30. The summed E-state index contributed by atoms with van der Waals surface area (Å²) in [6.07, 6.45) is 1.79. The van der Waals surface area contributed by atoms with Gasteiger partial charge in [0.1, 0.15) is 5.76 Å². The van der Waals surface area contributed by atoms with Crippen LogP contribution in [0.2, 0.25) is 0 Å². The Morgan fingerprint density at radius 2 is 2.44 bits per heavy atom. The summed E-state index contributed by atoms with van der Waals surface area (Å²) in [6.45, 7) is 0.982. The van der Waals surface area contributed by atoms with Crippen molar-refractivity contribution in [2.45, 2.75) is 25.4 Å². The van der Waals surface area contributed by atoms with Gasteiger partial charge in [-0.1, -0.05) is 0 Å². The van der Waals surface area contributed by atoms with Crippen molar-refractivity contribution in [2.24, 2.45) is 5.73 Å². The Morgan fingerprint density at radius 3 is 3.06 bits per heavy atom. The molecule has 1 unspecified atom stereocenters. The maximum absolute atomic E-state index is 12.0. The van der Waals surface area contributed by atoms with Crippen LogP contribution >= 0.6 is 0 Å². The molecule has 1 fully saturated rings. The number of carbonyl (C=O) groups is 1. The number of nitrogens with two attached hydrogens (primary N) is 1. The lowest BCUT2D eigenvalue weighted by atomic mass is 10.2. The highest BCUT2D eigenvalue weighted by molar-refractivity contribution is 5.92. The number of carbonyl (C=O) groups excluding carboxylic acids is 1. The third kappa shape index (κ3) is 1.96. The van der Waals surface area contributed by atoms with Gasteiger partial charge in [0.25, 0.3) is 5.91 Å². The third-order valence-corrected chi connectivity index (χ3v) is 2.92. The first kappa shape index (κ1) is 11.2. The van der Waals surface area contributed by atoms with Crippen LogP contribution in [0.15, 0.2) is 16.5 Å². The Morgan fingerprint density at radius 1 is 1.62 bits per heavy atom. The summed E-state index contributed by atoms with van der Waals surface area (Å²) in [7, 11) is 0. The second-order valence-corrected chi connectivity index (χ2v) is 3.95. The minimum absolute atomic E-state index is 0.0101. The molecule has 0 bridgehead atoms. The number of aliphatic hydroxyl groups is 1. The molecule has 1 aliphatic heterocycles. The molecule has 1 aliphatic rings. The number of furan rings is 1. The molecular formula is C11H16N2O3. The summed E-state index contributed by atoms with van der Waals surface area (Å²) >= 11 is 0. The van der Waals surface area contributed by atoms with Gasteiger partial charge in [-0.25, -0.2) is 0 Å². The van der Waals surface area contributed by atoms with E-state index in [1.54, 1.807) is 17.0 Å². The SMILES string of the molecule is NCc1ccc(C(=O)N2CCCC2CO)o1. The fourth-order valence-corrected chi connectivity index (χ4v) is 2.04. The number of aliphatic hydroxyl groups excluding tert-OH is 1. The molecule has 2 rings (SSSR count). The molecule has 0 saturated carbocycles. The maximum Gasteiger partial charge on any atom is 0.289 e. The standard InChI is InChI=1S/C11H16N2O3/c12-6-9-3-4-10(16-9)11(15)13-5-1-2-8(13)7-14/h3-4,8,14H,1-2,5-7,12H2. The average molecular weight is 224 g/mol. The Labute approximate surface area is 93.8 Å². The molecule has 1 aromatic heterocycles. The third-order valence-electron chi connectivity index (χ3n) is 2.92. The van der Waals surface area contributed by atoms with Gasteiger partial charge < -0.3 is 20.2 Å². The molecule has 2 heterocycles. The summed E-state index contributed by atoms with van der Waals surface area (Å²) in [6, 6.07) is 3.27. The van der Waals surface area contributed by atoms with E-state index in [4.69, 9.17) is 15.3 Å². The zero-order valence-electron chi connectivity index (χ0n) is 9.06. The highest BCUT2D eigenvalue weighted by Crippen LogP contribution is 2.20. The number of hydrogen-bond acceptors (Lipinski definition) is 4. The molecule has 0 aliphatic carbocycles. The molecule has 1 amide bonds. The fraction of sp³-hybridized carbons (Fsp3) is 0.545. The van der Waals surface area contributed by atoms with E-state index in [0.717, 1.165) is 12.8 Å². The van der Waals surface area contributed by atoms with Crippen molar-refractivity contribution >= 4 is 5.91 Å². The van der Waals surface area contributed by atoms with Gasteiger partial charge in [-0.3, -0.25) is 4.79 Å². The molecular weight excluding hydrogens is 208 g/mol. The Bertz CT molecular complexity index is 375. The van der Waals surface area contributed by atoms with Crippen LogP contribution in [-0.4, -0.2) is 35.1 Å². The van der Waals surface area contributed by atoms with E-state index in [0.29, 0.717) is 18.1 Å². The molecule has 5 heteroatoms. The quantitative estimate of drug-likeness (QED) is 0.775. The fourth-order valence-electron chi connectivity index (χ4n) is 2.04. The van der Waals surface area contributed by atoms with E-state index >= 15 is 0 Å². The van der Waals surface area contributed by atoms with Gasteiger partial charge in [0.15, 0.2) is 5.76 Å². The molecule has 1 saturated heterocycles. The van der Waals surface area contributed by atoms with Crippen LogP contribution in [0.3, 0.4) is 0 Å². The van der Waals surface area contributed by atoms with E-state index in [2.05, 4.69) is 0 Å². The zero-order valence-corrected chi connectivity index (χ0v) is 9.06. The van der Waals surface area contributed by atoms with Gasteiger partial charge in [-0.15, -0.1) is 0 Å². The van der Waals surface area contributed by atoms with Crippen molar-refractivity contribution in [1.82, 2.24) is 4.90 Å². The number of rotatable bonds is 3. The Hall–Kier alpha value is -1.33. The summed E-state index contributed by atoms with van der Waals surface area (Å²) in [5.74, 6) is 0.750. The van der Waals surface area contributed by atoms with Gasteiger partial charge in [0.05, 0.1) is 19.2 Å². The minimum Gasteiger partial charge on any atom is -0.455 e. The first-order valence-electron chi connectivity index (χ1n) is 5.47. The Kier molecular flexibility index (Phi) is 3.26. The summed E-state index contributed by atoms with van der Waals surface area (Å²) < 4.78 is 5.30. The van der Waals surface area contributed by atoms with Crippen LogP contribution in [0.1, 0.15) is 29.2 Å². The molecule has 16 heavy (non-hydrogen) atoms. The van der Waals surface area contributed by atoms with Crippen molar-refractivity contribution in [3.63, 3.8) is 0 Å². The smallest absolute Gasteiger partial charge is 0.289 e. The second kappa shape index (κ2) is 4.67. The largest absolute Gasteiger partial charge is 0.455 e. The summed E-state index contributed by atoms with van der Waals surface area (Å²) in [5.41, 5.74) is 5.41. The predicted molar refractivity (Wildman–Crippen MR) is 57.7 cm³/mol. The first-order valence-corrected chi connectivity index (χ1v) is 5.47. The van der Waals surface area contributed by atoms with Gasteiger partial charge in [0.2, 0.25) is 0 Å². The van der Waals surface area contributed by atoms with Crippen LogP contribution in [-0.2, 0) is 6.54 Å². The zero-order chi connectivity index (χ0) is 11.5. The van der Waals surface area contributed by atoms with E-state index in [9.17, 15) is 4.79 Å². The topological polar surface area (TPSA) is 79.7 Å². The molecule has 5 nitrogen and oxygen atoms in total. The van der Waals surface area contributed by atoms with E-state index < -0.39 is 0 Å². The van der Waals surface area contributed by atoms with Crippen molar-refractivity contribution < 1.29 is 14.3 Å². The number of amides is 1. The molecule has 0 spiro atoms. The monoisotopic (exact) mass is 224 g/mol. The van der Waals surface area contributed by atoms with Crippen molar-refractivity contribution in [2.75, 3.05) is 13.2 Å². The highest BCUT2D eigenvalue weighted by atomic mass is 16.4. The van der Waals surface area contributed by atoms with Crippen LogP contribution < -0.4 is 5.73 Å². The average Bonchev–Trinajstić information content (AvgIpc) is 2.96. The Balaban J connectivity index is 2.12. The molecule has 88 valence electrons. The van der Waals surface area contributed by atoms with Crippen LogP contribution in [0.5, 0.6) is 0 Å². The van der Waals surface area contributed by atoms with E-state index in [-0.39, 0.29) is 25.1 Å². The lowest BCUT2D eigenvalue weighted by Gasteiger charge is -2.21. The molecule has 0 radical (unpaired) electrons. The van der Waals surface area contributed by atoms with Gasteiger partial charge in [-0.2, -0.15) is 0 Å². The summed E-state index contributed by atoms with van der Waals surface area (Å²) in [4.78, 5) is 13.7. The van der Waals surface area contributed by atoms with Crippen molar-refractivity contribution in [1.29, 1.82) is 0 Å². The number of nitrogens with zero attached hydrogens (tertiary/aromatic N) is 1. The van der Waals surface area contributed by atoms with E-state index in [1.165, 1.54) is 0 Å². The second-order valence-electron chi connectivity index (χ2n) is 3.95.